The standard InChI is InChI=1S/C25H21NO4/c1-29-17-20-11-13-21(14-12-20)24(27)26-23-8-4-6-19(16-23)10-9-18-5-3-7-22(15-18)25(28)30-2/h3-8,11-16H,17H2,1-2H3,(H,26,27). The highest BCUT2D eigenvalue weighted by Crippen LogP contribution is 2.13. The van der Waals surface area contributed by atoms with Gasteiger partial charge in [-0.25, -0.2) is 4.79 Å². The molecule has 0 heterocycles. The minimum Gasteiger partial charge on any atom is -0.465 e. The molecule has 3 aromatic rings. The molecule has 0 aliphatic heterocycles. The van der Waals surface area contributed by atoms with Crippen LogP contribution in [0.15, 0.2) is 72.8 Å². The average Bonchev–Trinajstić information content (AvgIpc) is 2.78. The number of nitrogens with one attached hydrogen (secondary N) is 1. The van der Waals surface area contributed by atoms with E-state index in [0.29, 0.717) is 29.0 Å². The maximum absolute atomic E-state index is 12.5. The molecule has 5 nitrogen and oxygen atoms in total. The Balaban J connectivity index is 1.72. The van der Waals surface area contributed by atoms with Gasteiger partial charge in [-0.1, -0.05) is 36.1 Å². The van der Waals surface area contributed by atoms with E-state index < -0.39 is 5.97 Å². The van der Waals surface area contributed by atoms with Crippen LogP contribution in [-0.2, 0) is 16.1 Å². The van der Waals surface area contributed by atoms with Crippen molar-refractivity contribution in [2.24, 2.45) is 0 Å². The van der Waals surface area contributed by atoms with E-state index in [2.05, 4.69) is 17.2 Å². The zero-order valence-electron chi connectivity index (χ0n) is 16.8. The molecule has 3 rings (SSSR count). The summed E-state index contributed by atoms with van der Waals surface area (Å²) in [6.45, 7) is 0.505. The summed E-state index contributed by atoms with van der Waals surface area (Å²) in [7, 11) is 2.97. The van der Waals surface area contributed by atoms with Crippen molar-refractivity contribution in [2.45, 2.75) is 6.61 Å². The fraction of sp³-hybridized carbons (Fsp3) is 0.120. The lowest BCUT2D eigenvalue weighted by Crippen LogP contribution is -2.11. The van der Waals surface area contributed by atoms with Crippen molar-refractivity contribution in [1.29, 1.82) is 0 Å². The van der Waals surface area contributed by atoms with Gasteiger partial charge in [-0.05, 0) is 54.1 Å². The third-order valence-electron chi connectivity index (χ3n) is 4.28. The van der Waals surface area contributed by atoms with Crippen LogP contribution >= 0.6 is 0 Å². The molecule has 0 saturated heterocycles. The van der Waals surface area contributed by atoms with E-state index in [0.717, 1.165) is 11.1 Å². The molecule has 0 bridgehead atoms. The summed E-state index contributed by atoms with van der Waals surface area (Å²) in [6.07, 6.45) is 0. The quantitative estimate of drug-likeness (QED) is 0.514. The summed E-state index contributed by atoms with van der Waals surface area (Å²) >= 11 is 0. The van der Waals surface area contributed by atoms with E-state index in [1.807, 2.05) is 30.3 Å². The Morgan fingerprint density at radius 3 is 2.17 bits per heavy atom. The number of benzene rings is 3. The van der Waals surface area contributed by atoms with Crippen molar-refractivity contribution in [1.82, 2.24) is 0 Å². The van der Waals surface area contributed by atoms with Crippen LogP contribution in [0.5, 0.6) is 0 Å². The maximum Gasteiger partial charge on any atom is 0.337 e. The third-order valence-corrected chi connectivity index (χ3v) is 4.28. The summed E-state index contributed by atoms with van der Waals surface area (Å²) < 4.78 is 9.81. The lowest BCUT2D eigenvalue weighted by atomic mass is 10.1. The van der Waals surface area contributed by atoms with Gasteiger partial charge in [-0.15, -0.1) is 0 Å². The molecule has 0 spiro atoms. The van der Waals surface area contributed by atoms with E-state index in [9.17, 15) is 9.59 Å². The molecule has 0 fully saturated rings. The molecule has 0 unspecified atom stereocenters. The molecule has 0 aromatic heterocycles. The van der Waals surface area contributed by atoms with Crippen LogP contribution in [0.3, 0.4) is 0 Å². The SMILES string of the molecule is COCc1ccc(C(=O)Nc2cccc(C#Cc3cccc(C(=O)OC)c3)c2)cc1. The second-order valence-corrected chi connectivity index (χ2v) is 6.49. The normalized spacial score (nSPS) is 9.93. The number of hydrogen-bond acceptors (Lipinski definition) is 4. The lowest BCUT2D eigenvalue weighted by Gasteiger charge is -2.06. The summed E-state index contributed by atoms with van der Waals surface area (Å²) in [5.74, 6) is 5.48. The van der Waals surface area contributed by atoms with Gasteiger partial charge in [0.25, 0.3) is 5.91 Å². The number of amides is 1. The predicted molar refractivity (Wildman–Crippen MR) is 115 cm³/mol. The molecule has 0 atom stereocenters. The van der Waals surface area contributed by atoms with Gasteiger partial charge in [0.1, 0.15) is 0 Å². The third kappa shape index (κ3) is 5.57. The Labute approximate surface area is 175 Å². The highest BCUT2D eigenvalue weighted by atomic mass is 16.5. The molecule has 1 N–H and O–H groups in total. The molecule has 3 aromatic carbocycles. The summed E-state index contributed by atoms with van der Waals surface area (Å²) in [5.41, 5.74) is 4.10. The minimum absolute atomic E-state index is 0.199. The number of esters is 1. The Morgan fingerprint density at radius 2 is 1.50 bits per heavy atom. The number of carbonyl (C=O) groups is 2. The van der Waals surface area contributed by atoms with Crippen LogP contribution in [0.4, 0.5) is 5.69 Å². The number of rotatable bonds is 5. The number of methoxy groups -OCH3 is 2. The number of hydrogen-bond donors (Lipinski definition) is 1. The predicted octanol–water partition coefficient (Wildman–Crippen LogP) is 4.27. The van der Waals surface area contributed by atoms with Crippen molar-refractivity contribution in [3.63, 3.8) is 0 Å². The van der Waals surface area contributed by atoms with Crippen LogP contribution in [0.2, 0.25) is 0 Å². The van der Waals surface area contributed by atoms with E-state index >= 15 is 0 Å². The smallest absolute Gasteiger partial charge is 0.337 e. The van der Waals surface area contributed by atoms with Crippen molar-refractivity contribution < 1.29 is 19.1 Å². The first kappa shape index (κ1) is 20.8. The largest absolute Gasteiger partial charge is 0.465 e. The molecule has 0 aliphatic rings. The first-order chi connectivity index (χ1) is 14.6. The summed E-state index contributed by atoms with van der Waals surface area (Å²) in [5, 5.41) is 2.88. The van der Waals surface area contributed by atoms with Crippen LogP contribution in [0, 0.1) is 11.8 Å². The average molecular weight is 399 g/mol. The molecule has 5 heteroatoms. The van der Waals surface area contributed by atoms with E-state index in [1.54, 1.807) is 49.6 Å². The fourth-order valence-corrected chi connectivity index (χ4v) is 2.78. The molecule has 0 saturated carbocycles. The van der Waals surface area contributed by atoms with Crippen molar-refractivity contribution >= 4 is 17.6 Å². The van der Waals surface area contributed by atoms with Gasteiger partial charge in [0.2, 0.25) is 0 Å². The number of carbonyl (C=O) groups excluding carboxylic acids is 2. The molecule has 30 heavy (non-hydrogen) atoms. The Morgan fingerprint density at radius 1 is 0.833 bits per heavy atom. The second-order valence-electron chi connectivity index (χ2n) is 6.49. The molecule has 1 amide bonds. The first-order valence-corrected chi connectivity index (χ1v) is 9.29. The molecular weight excluding hydrogens is 378 g/mol. The zero-order valence-corrected chi connectivity index (χ0v) is 16.8. The van der Waals surface area contributed by atoms with Gasteiger partial charge in [-0.3, -0.25) is 4.79 Å². The van der Waals surface area contributed by atoms with Gasteiger partial charge in [0.15, 0.2) is 0 Å². The van der Waals surface area contributed by atoms with Gasteiger partial charge < -0.3 is 14.8 Å². The molecule has 0 radical (unpaired) electrons. The van der Waals surface area contributed by atoms with E-state index in [1.165, 1.54) is 7.11 Å². The molecule has 150 valence electrons. The zero-order chi connectivity index (χ0) is 21.3. The number of ether oxygens (including phenoxy) is 2. The van der Waals surface area contributed by atoms with Gasteiger partial charge in [0, 0.05) is 29.5 Å². The maximum atomic E-state index is 12.5. The lowest BCUT2D eigenvalue weighted by molar-refractivity contribution is 0.0600. The first-order valence-electron chi connectivity index (χ1n) is 9.29. The molecule has 0 aliphatic carbocycles. The van der Waals surface area contributed by atoms with Crippen LogP contribution < -0.4 is 5.32 Å². The highest BCUT2D eigenvalue weighted by molar-refractivity contribution is 6.04. The Bertz CT molecular complexity index is 1110. The van der Waals surface area contributed by atoms with Gasteiger partial charge in [-0.2, -0.15) is 0 Å². The van der Waals surface area contributed by atoms with Crippen molar-refractivity contribution in [2.75, 3.05) is 19.5 Å². The van der Waals surface area contributed by atoms with Gasteiger partial charge in [0.05, 0.1) is 19.3 Å². The van der Waals surface area contributed by atoms with E-state index in [-0.39, 0.29) is 5.91 Å². The van der Waals surface area contributed by atoms with Gasteiger partial charge >= 0.3 is 5.97 Å². The van der Waals surface area contributed by atoms with Crippen LogP contribution in [0.25, 0.3) is 0 Å². The van der Waals surface area contributed by atoms with Crippen molar-refractivity contribution in [3.05, 3.63) is 101 Å². The van der Waals surface area contributed by atoms with Crippen LogP contribution in [-0.4, -0.2) is 26.1 Å². The fourth-order valence-electron chi connectivity index (χ4n) is 2.78. The second kappa shape index (κ2) is 10.1. The Kier molecular flexibility index (Phi) is 6.99. The molecular formula is C25H21NO4. The van der Waals surface area contributed by atoms with E-state index in [4.69, 9.17) is 9.47 Å². The highest BCUT2D eigenvalue weighted by Gasteiger charge is 2.07. The number of anilines is 1. The monoisotopic (exact) mass is 399 g/mol. The van der Waals surface area contributed by atoms with Crippen molar-refractivity contribution in [3.8, 4) is 11.8 Å². The topological polar surface area (TPSA) is 64.6 Å². The summed E-state index contributed by atoms with van der Waals surface area (Å²) in [6, 6.07) is 21.5. The Hall–Kier alpha value is -3.88. The van der Waals surface area contributed by atoms with Crippen LogP contribution in [0.1, 0.15) is 37.4 Å². The minimum atomic E-state index is -0.404. The summed E-state index contributed by atoms with van der Waals surface area (Å²) in [4.78, 5) is 24.1.